The van der Waals surface area contributed by atoms with Crippen molar-refractivity contribution >= 4 is 21.2 Å². The van der Waals surface area contributed by atoms with Crippen molar-refractivity contribution < 1.29 is 47.0 Å². The third kappa shape index (κ3) is 4.89. The number of nitrogens with zero attached hydrogens (tertiary/aromatic N) is 1. The van der Waals surface area contributed by atoms with Gasteiger partial charge in [0.25, 0.3) is 5.08 Å². The second kappa shape index (κ2) is 8.96. The number of aliphatic hydroxyl groups is 1. The van der Waals surface area contributed by atoms with Crippen molar-refractivity contribution in [2.75, 3.05) is 0 Å². The number of carbonyl (C=O) groups is 1. The first kappa shape index (κ1) is 24.4. The van der Waals surface area contributed by atoms with Crippen molar-refractivity contribution in [2.45, 2.75) is 31.6 Å². The number of hydrogen-bond acceptors (Lipinski definition) is 8. The molecule has 2 unspecified atom stereocenters. The van der Waals surface area contributed by atoms with E-state index in [9.17, 15) is 33.2 Å². The fourth-order valence-electron chi connectivity index (χ4n) is 2.83. The van der Waals surface area contributed by atoms with Gasteiger partial charge in [-0.15, -0.1) is 0 Å². The monoisotopic (exact) mass is 487 g/mol. The molecule has 1 aliphatic rings. The maximum absolute atomic E-state index is 14.4. The topological polar surface area (TPSA) is 152 Å². The maximum atomic E-state index is 14.4. The molecular formula is C19H20FNO9P2. The number of hydrogen-bond donors (Lipinski definition) is 3. The van der Waals surface area contributed by atoms with Crippen molar-refractivity contribution in [3.8, 4) is 5.75 Å². The van der Waals surface area contributed by atoms with Gasteiger partial charge < -0.3 is 19.6 Å². The molecule has 3 N–H and O–H groups in total. The van der Waals surface area contributed by atoms with Gasteiger partial charge in [0.1, 0.15) is 0 Å². The smallest absolute Gasteiger partial charge is 0.374 e. The minimum atomic E-state index is -5.21. The van der Waals surface area contributed by atoms with Crippen molar-refractivity contribution in [2.24, 2.45) is 0 Å². The predicted molar refractivity (Wildman–Crippen MR) is 109 cm³/mol. The standard InChI is InChI=1S/C19H20FNO9P2/c1-12(2)8-17(22)28-16-6-5-14(9-15(16)20)18-29-31(24,25)19(23,32(26,27)30-18)10-13-4-3-7-21-11-13/h3-9,11,18,23H,10H2,1-2H3,(H,24,25)(H,26,27). The molecule has 2 heterocycles. The summed E-state index contributed by atoms with van der Waals surface area (Å²) in [6.45, 7) is 3.29. The molecule has 1 fully saturated rings. The second-order valence-corrected chi connectivity index (χ2v) is 11.6. The van der Waals surface area contributed by atoms with Crippen LogP contribution in [-0.4, -0.2) is 30.9 Å². The fraction of sp³-hybridized carbons (Fsp3) is 0.263. The molecule has 0 radical (unpaired) electrons. The Morgan fingerprint density at radius 1 is 1.25 bits per heavy atom. The quantitative estimate of drug-likeness (QED) is 0.248. The van der Waals surface area contributed by atoms with Gasteiger partial charge in [-0.05, 0) is 37.6 Å². The van der Waals surface area contributed by atoms with Crippen LogP contribution in [0.3, 0.4) is 0 Å². The molecule has 1 aromatic carbocycles. The summed E-state index contributed by atoms with van der Waals surface area (Å²) in [6.07, 6.45) is 1.07. The molecule has 0 spiro atoms. The summed E-state index contributed by atoms with van der Waals surface area (Å²) in [5.74, 6) is -2.32. The number of pyridine rings is 1. The van der Waals surface area contributed by atoms with Gasteiger partial charge in [0.2, 0.25) is 6.29 Å². The predicted octanol–water partition coefficient (Wildman–Crippen LogP) is 3.40. The Bertz CT molecular complexity index is 1120. The number of allylic oxidation sites excluding steroid dienone is 1. The van der Waals surface area contributed by atoms with E-state index < -0.39 is 50.5 Å². The molecule has 1 saturated heterocycles. The van der Waals surface area contributed by atoms with Gasteiger partial charge in [-0.25, -0.2) is 9.18 Å². The molecule has 13 heteroatoms. The number of carbonyl (C=O) groups excluding carboxylic acids is 1. The molecule has 0 amide bonds. The van der Waals surface area contributed by atoms with Crippen LogP contribution in [0.1, 0.15) is 31.3 Å². The minimum Gasteiger partial charge on any atom is -0.420 e. The number of halogens is 1. The van der Waals surface area contributed by atoms with Gasteiger partial charge in [-0.2, -0.15) is 0 Å². The average molecular weight is 487 g/mol. The van der Waals surface area contributed by atoms with Gasteiger partial charge in [-0.3, -0.25) is 23.2 Å². The molecular weight excluding hydrogens is 467 g/mol. The SMILES string of the molecule is CC(C)=CC(=O)Oc1ccc(C2OP(=O)(O)C(O)(Cc3cccnc3)P(=O)(O)O2)cc1F. The molecule has 3 rings (SSSR count). The van der Waals surface area contributed by atoms with E-state index in [2.05, 4.69) is 4.98 Å². The number of rotatable bonds is 5. The van der Waals surface area contributed by atoms with Crippen LogP contribution in [0.15, 0.2) is 54.4 Å². The average Bonchev–Trinajstić information content (AvgIpc) is 2.67. The van der Waals surface area contributed by atoms with E-state index >= 15 is 0 Å². The van der Waals surface area contributed by atoms with E-state index in [0.29, 0.717) is 5.57 Å². The van der Waals surface area contributed by atoms with Crippen molar-refractivity contribution in [1.82, 2.24) is 4.98 Å². The highest BCUT2D eigenvalue weighted by atomic mass is 31.2. The van der Waals surface area contributed by atoms with Crippen LogP contribution < -0.4 is 4.74 Å². The lowest BCUT2D eigenvalue weighted by Crippen LogP contribution is -2.37. The van der Waals surface area contributed by atoms with Gasteiger partial charge in [0.15, 0.2) is 11.6 Å². The summed E-state index contributed by atoms with van der Waals surface area (Å²) < 4.78 is 54.6. The van der Waals surface area contributed by atoms with Gasteiger partial charge in [0, 0.05) is 30.5 Å². The van der Waals surface area contributed by atoms with Gasteiger partial charge in [0.05, 0.1) is 0 Å². The van der Waals surface area contributed by atoms with E-state index in [1.165, 1.54) is 24.5 Å². The third-order valence-corrected chi connectivity index (χ3v) is 8.99. The number of esters is 1. The highest BCUT2D eigenvalue weighted by molar-refractivity contribution is 7.73. The highest BCUT2D eigenvalue weighted by Gasteiger charge is 2.67. The summed E-state index contributed by atoms with van der Waals surface area (Å²) in [7, 11) is -10.4. The summed E-state index contributed by atoms with van der Waals surface area (Å²) in [6, 6.07) is 5.77. The first-order chi connectivity index (χ1) is 14.8. The van der Waals surface area contributed by atoms with Crippen LogP contribution in [0.5, 0.6) is 5.75 Å². The molecule has 32 heavy (non-hydrogen) atoms. The fourth-order valence-corrected chi connectivity index (χ4v) is 6.40. The lowest BCUT2D eigenvalue weighted by Gasteiger charge is -2.41. The van der Waals surface area contributed by atoms with Crippen LogP contribution in [-0.2, 0) is 29.4 Å². The largest absolute Gasteiger partial charge is 0.420 e. The molecule has 10 nitrogen and oxygen atoms in total. The number of aromatic nitrogens is 1. The Morgan fingerprint density at radius 3 is 2.44 bits per heavy atom. The lowest BCUT2D eigenvalue weighted by atomic mass is 10.2. The van der Waals surface area contributed by atoms with Gasteiger partial charge in [-0.1, -0.05) is 17.7 Å². The van der Waals surface area contributed by atoms with Crippen molar-refractivity contribution in [1.29, 1.82) is 0 Å². The van der Waals surface area contributed by atoms with E-state index in [1.807, 2.05) is 0 Å². The number of ether oxygens (including phenoxy) is 1. The molecule has 1 aromatic heterocycles. The molecule has 2 atom stereocenters. The molecule has 0 saturated carbocycles. The normalized spacial score (nSPS) is 29.9. The van der Waals surface area contributed by atoms with Crippen molar-refractivity contribution in [3.63, 3.8) is 0 Å². The van der Waals surface area contributed by atoms with Crippen LogP contribution in [0.4, 0.5) is 4.39 Å². The molecule has 1 aliphatic heterocycles. The minimum absolute atomic E-state index is 0.178. The van der Waals surface area contributed by atoms with E-state index in [-0.39, 0.29) is 11.1 Å². The van der Waals surface area contributed by atoms with Crippen LogP contribution in [0.2, 0.25) is 0 Å². The van der Waals surface area contributed by atoms with E-state index in [0.717, 1.165) is 24.3 Å². The summed E-state index contributed by atoms with van der Waals surface area (Å²) in [5.41, 5.74) is 0.557. The summed E-state index contributed by atoms with van der Waals surface area (Å²) in [4.78, 5) is 36.1. The molecule has 2 aromatic rings. The Balaban J connectivity index is 1.87. The molecule has 172 valence electrons. The first-order valence-electron chi connectivity index (χ1n) is 9.15. The Morgan fingerprint density at radius 2 is 1.91 bits per heavy atom. The Labute approximate surface area is 182 Å². The lowest BCUT2D eigenvalue weighted by molar-refractivity contribution is -0.129. The Kier molecular flexibility index (Phi) is 6.83. The van der Waals surface area contributed by atoms with Crippen molar-refractivity contribution in [3.05, 3.63) is 71.3 Å². The summed E-state index contributed by atoms with van der Waals surface area (Å²) in [5, 5.41) is 7.50. The second-order valence-electron chi connectivity index (χ2n) is 7.23. The molecule has 0 aliphatic carbocycles. The van der Waals surface area contributed by atoms with E-state index in [1.54, 1.807) is 13.8 Å². The van der Waals surface area contributed by atoms with Crippen LogP contribution >= 0.6 is 15.2 Å². The zero-order valence-corrected chi connectivity index (χ0v) is 18.7. The van der Waals surface area contributed by atoms with Crippen LogP contribution in [0, 0.1) is 5.82 Å². The Hall–Kier alpha value is -2.23. The third-order valence-electron chi connectivity index (χ3n) is 4.39. The van der Waals surface area contributed by atoms with Crippen LogP contribution in [0.25, 0.3) is 0 Å². The number of benzene rings is 1. The summed E-state index contributed by atoms with van der Waals surface area (Å²) >= 11 is 0. The highest BCUT2D eigenvalue weighted by Crippen LogP contribution is 2.79. The first-order valence-corrected chi connectivity index (χ1v) is 12.3. The maximum Gasteiger partial charge on any atom is 0.374 e. The van der Waals surface area contributed by atoms with Gasteiger partial charge >= 0.3 is 21.2 Å². The molecule has 0 bridgehead atoms. The van der Waals surface area contributed by atoms with E-state index in [4.69, 9.17) is 13.8 Å². The zero-order valence-electron chi connectivity index (χ0n) is 16.9. The zero-order chi connectivity index (χ0) is 23.7.